The predicted molar refractivity (Wildman–Crippen MR) is 101 cm³/mol. The molecule has 0 unspecified atom stereocenters. The number of alkyl halides is 2. The summed E-state index contributed by atoms with van der Waals surface area (Å²) in [5.41, 5.74) is 1.38. The highest BCUT2D eigenvalue weighted by Crippen LogP contribution is 2.48. The van der Waals surface area contributed by atoms with Crippen LogP contribution in [-0.2, 0) is 0 Å². The van der Waals surface area contributed by atoms with Crippen molar-refractivity contribution >= 4 is 5.69 Å². The van der Waals surface area contributed by atoms with E-state index in [0.717, 1.165) is 51.6 Å². The maximum atomic E-state index is 13.2. The van der Waals surface area contributed by atoms with Gasteiger partial charge in [-0.15, -0.1) is 0 Å². The Balaban J connectivity index is 1.65. The Hall–Kier alpha value is -1.91. The molecule has 7 heteroatoms. The topological polar surface area (TPSA) is 76.7 Å². The molecule has 1 saturated heterocycles. The fourth-order valence-corrected chi connectivity index (χ4v) is 4.68. The van der Waals surface area contributed by atoms with Gasteiger partial charge < -0.3 is 19.8 Å². The Kier molecular flexibility index (Phi) is 6.11. The number of nitriles is 1. The third kappa shape index (κ3) is 5.12. The maximum absolute atomic E-state index is 13.2. The first-order valence-corrected chi connectivity index (χ1v) is 9.92. The summed E-state index contributed by atoms with van der Waals surface area (Å²) >= 11 is 0. The fraction of sp³-hybridized carbons (Fsp3) is 0.667. The van der Waals surface area contributed by atoms with Crippen molar-refractivity contribution in [1.29, 1.82) is 5.26 Å². The molecule has 2 fully saturated rings. The lowest BCUT2D eigenvalue weighted by molar-refractivity contribution is -0.158. The van der Waals surface area contributed by atoms with E-state index in [4.69, 9.17) is 0 Å². The fourth-order valence-electron chi connectivity index (χ4n) is 4.68. The van der Waals surface area contributed by atoms with Crippen molar-refractivity contribution in [2.75, 3.05) is 18.0 Å². The smallest absolute Gasteiger partial charge is 0.394 e. The highest BCUT2D eigenvalue weighted by molar-refractivity contribution is 5.62. The molecular formula is C21H28F2N2O3. The number of nitrogens with zero attached hydrogens (tertiary/aromatic N) is 2. The number of aliphatic hydroxyl groups is 2. The van der Waals surface area contributed by atoms with Gasteiger partial charge in [0, 0.05) is 32.5 Å². The molecule has 5 nitrogen and oxygen atoms in total. The molecule has 154 valence electrons. The lowest BCUT2D eigenvalue weighted by atomic mass is 9.65. The van der Waals surface area contributed by atoms with Gasteiger partial charge in [-0.25, -0.2) is 0 Å². The Bertz CT molecular complexity index is 709. The predicted octanol–water partition coefficient (Wildman–Crippen LogP) is 4.03. The Morgan fingerprint density at radius 2 is 1.89 bits per heavy atom. The summed E-state index contributed by atoms with van der Waals surface area (Å²) in [7, 11) is 0. The average Bonchev–Trinajstić information content (AvgIpc) is 2.63. The molecule has 1 heterocycles. The highest BCUT2D eigenvalue weighted by Gasteiger charge is 2.38. The van der Waals surface area contributed by atoms with Gasteiger partial charge >= 0.3 is 6.11 Å². The summed E-state index contributed by atoms with van der Waals surface area (Å²) in [5.74, 6) is 0.434. The van der Waals surface area contributed by atoms with Gasteiger partial charge in [-0.3, -0.25) is 0 Å². The molecule has 3 rings (SSSR count). The zero-order chi connectivity index (χ0) is 20.4. The number of hydrogen-bond acceptors (Lipinski definition) is 5. The molecule has 0 bridgehead atoms. The van der Waals surface area contributed by atoms with E-state index in [2.05, 4.69) is 15.7 Å². The van der Waals surface area contributed by atoms with Gasteiger partial charge in [0.15, 0.2) is 6.29 Å². The van der Waals surface area contributed by atoms with E-state index in [-0.39, 0.29) is 11.2 Å². The minimum absolute atomic E-state index is 0.0601. The third-order valence-corrected chi connectivity index (χ3v) is 6.26. The first-order valence-electron chi connectivity index (χ1n) is 9.92. The van der Waals surface area contributed by atoms with Gasteiger partial charge in [-0.1, -0.05) is 0 Å². The van der Waals surface area contributed by atoms with Crippen LogP contribution in [0.3, 0.4) is 0 Å². The minimum Gasteiger partial charge on any atom is -0.433 e. The Morgan fingerprint density at radius 1 is 1.25 bits per heavy atom. The normalized spacial score (nSPS) is 20.4. The van der Waals surface area contributed by atoms with Crippen LogP contribution >= 0.6 is 0 Å². The molecule has 0 amide bonds. The van der Waals surface area contributed by atoms with Gasteiger partial charge in [0.05, 0.1) is 11.3 Å². The van der Waals surface area contributed by atoms with Crippen molar-refractivity contribution in [1.82, 2.24) is 0 Å². The van der Waals surface area contributed by atoms with Gasteiger partial charge in [-0.05, 0) is 62.0 Å². The van der Waals surface area contributed by atoms with Crippen LogP contribution in [0.15, 0.2) is 18.2 Å². The summed E-state index contributed by atoms with van der Waals surface area (Å²) in [4.78, 5) is 2.09. The number of benzene rings is 1. The molecule has 1 aromatic carbocycles. The van der Waals surface area contributed by atoms with Crippen molar-refractivity contribution in [2.24, 2.45) is 11.3 Å². The summed E-state index contributed by atoms with van der Waals surface area (Å²) in [6.07, 6.45) is 2.11. The Morgan fingerprint density at radius 3 is 2.43 bits per heavy atom. The van der Waals surface area contributed by atoms with Crippen molar-refractivity contribution < 1.29 is 23.7 Å². The minimum atomic E-state index is -3.27. The number of rotatable bonds is 5. The van der Waals surface area contributed by atoms with Crippen LogP contribution in [0, 0.1) is 22.7 Å². The second-order valence-electron chi connectivity index (χ2n) is 8.35. The lowest BCUT2D eigenvalue weighted by Crippen LogP contribution is -2.42. The van der Waals surface area contributed by atoms with E-state index in [1.54, 1.807) is 0 Å². The van der Waals surface area contributed by atoms with Gasteiger partial charge in [-0.2, -0.15) is 14.0 Å². The van der Waals surface area contributed by atoms with E-state index in [9.17, 15) is 24.3 Å². The molecule has 1 saturated carbocycles. The Labute approximate surface area is 164 Å². The van der Waals surface area contributed by atoms with Crippen LogP contribution in [0.2, 0.25) is 0 Å². The molecule has 0 radical (unpaired) electrons. The standard InChI is InChI=1S/C21H28F2N2O3/c1-20(22,23)28-17-3-2-16(14-24)18(13-17)25-10-8-21(9-11-25)6-4-15(5-7-21)12-19(26)27/h2-3,13,15,19,26-27H,4-12H2,1H3. The zero-order valence-electron chi connectivity index (χ0n) is 16.2. The second-order valence-corrected chi connectivity index (χ2v) is 8.35. The van der Waals surface area contributed by atoms with Crippen molar-refractivity contribution in [2.45, 2.75) is 64.3 Å². The van der Waals surface area contributed by atoms with Crippen molar-refractivity contribution in [3.05, 3.63) is 23.8 Å². The summed E-state index contributed by atoms with van der Waals surface area (Å²) in [6.45, 7) is 2.24. The third-order valence-electron chi connectivity index (χ3n) is 6.26. The molecule has 28 heavy (non-hydrogen) atoms. The van der Waals surface area contributed by atoms with Crippen molar-refractivity contribution in [3.8, 4) is 11.8 Å². The van der Waals surface area contributed by atoms with E-state index in [1.165, 1.54) is 18.2 Å². The maximum Gasteiger partial charge on any atom is 0.394 e. The second kappa shape index (κ2) is 8.22. The van der Waals surface area contributed by atoms with Crippen LogP contribution in [0.25, 0.3) is 0 Å². The molecule has 0 atom stereocenters. The van der Waals surface area contributed by atoms with Gasteiger partial charge in [0.1, 0.15) is 11.8 Å². The number of ether oxygens (including phenoxy) is 1. The van der Waals surface area contributed by atoms with Gasteiger partial charge in [0.25, 0.3) is 0 Å². The van der Waals surface area contributed by atoms with Crippen LogP contribution in [0.4, 0.5) is 14.5 Å². The molecule has 2 aliphatic rings. The highest BCUT2D eigenvalue weighted by atomic mass is 19.3. The van der Waals surface area contributed by atoms with Crippen LogP contribution in [-0.4, -0.2) is 35.7 Å². The number of hydrogen-bond donors (Lipinski definition) is 2. The molecule has 1 spiro atoms. The summed E-state index contributed by atoms with van der Waals surface area (Å²) in [6, 6.07) is 6.62. The average molecular weight is 394 g/mol. The molecule has 2 N–H and O–H groups in total. The van der Waals surface area contributed by atoms with E-state index >= 15 is 0 Å². The van der Waals surface area contributed by atoms with Crippen LogP contribution in [0.5, 0.6) is 5.75 Å². The monoisotopic (exact) mass is 394 g/mol. The number of piperidine rings is 1. The van der Waals surface area contributed by atoms with Crippen LogP contribution < -0.4 is 9.64 Å². The largest absolute Gasteiger partial charge is 0.433 e. The van der Waals surface area contributed by atoms with E-state index < -0.39 is 12.4 Å². The summed E-state index contributed by atoms with van der Waals surface area (Å²) < 4.78 is 31.0. The SMILES string of the molecule is CC(F)(F)Oc1ccc(C#N)c(N2CCC3(CCC(CC(O)O)CC3)CC2)c1. The molecule has 1 aromatic rings. The van der Waals surface area contributed by atoms with E-state index in [1.807, 2.05) is 0 Å². The first kappa shape index (κ1) is 20.8. The van der Waals surface area contributed by atoms with Crippen molar-refractivity contribution in [3.63, 3.8) is 0 Å². The molecule has 1 aliphatic carbocycles. The van der Waals surface area contributed by atoms with Crippen LogP contribution in [0.1, 0.15) is 57.4 Å². The summed E-state index contributed by atoms with van der Waals surface area (Å²) in [5, 5.41) is 27.8. The first-order chi connectivity index (χ1) is 13.2. The molecule has 0 aromatic heterocycles. The number of aliphatic hydroxyl groups excluding tert-OH is 1. The molecular weight excluding hydrogens is 366 g/mol. The quantitative estimate of drug-likeness (QED) is 0.738. The number of anilines is 1. The van der Waals surface area contributed by atoms with Gasteiger partial charge in [0.2, 0.25) is 0 Å². The lowest BCUT2D eigenvalue weighted by Gasteiger charge is -2.47. The number of halogens is 2. The molecule has 1 aliphatic heterocycles. The zero-order valence-corrected chi connectivity index (χ0v) is 16.2. The van der Waals surface area contributed by atoms with E-state index in [0.29, 0.717) is 30.5 Å².